The van der Waals surface area contributed by atoms with Crippen LogP contribution in [0.25, 0.3) is 0 Å². The van der Waals surface area contributed by atoms with Gasteiger partial charge in [0.15, 0.2) is 0 Å². The van der Waals surface area contributed by atoms with Crippen LogP contribution in [0, 0.1) is 0 Å². The first kappa shape index (κ1) is 45.8. The van der Waals surface area contributed by atoms with Gasteiger partial charge in [-0.25, -0.2) is 16.8 Å². The average Bonchev–Trinajstić information content (AvgIpc) is 3.20. The number of nitrogens with zero attached hydrogens (tertiary/aromatic N) is 6. The molecule has 0 fully saturated rings. The SMILES string of the molecule is O=S(=O)([O-])c1ccc(Nc2nc(NCc3ccc(CNc4nc(Nc5ccccc5)nc(Nc5ccc(S(=O)(=O)[O-])cc5)n4)cc3)nc(Nc3ccccc3)n2)cc1.[Na+].[Na+]. The molecule has 2 aromatic heterocycles. The Morgan fingerprint density at radius 2 is 0.633 bits per heavy atom. The Hall–Kier alpha value is -5.26. The predicted octanol–water partition coefficient (Wildman–Crippen LogP) is 0.0714. The molecule has 0 aliphatic heterocycles. The Balaban J connectivity index is 0.00000341. The topological polar surface area (TPSA) is 264 Å². The van der Waals surface area contributed by atoms with Crippen molar-refractivity contribution in [2.24, 2.45) is 0 Å². The van der Waals surface area contributed by atoms with Gasteiger partial charge in [-0.05, 0) is 83.9 Å². The van der Waals surface area contributed by atoms with Crippen LogP contribution >= 0.6 is 0 Å². The molecule has 0 unspecified atom stereocenters. The van der Waals surface area contributed by atoms with Crippen molar-refractivity contribution in [2.45, 2.75) is 22.9 Å². The molecule has 0 aliphatic rings. The molecule has 0 saturated carbocycles. The number of hydrogen-bond acceptors (Lipinski definition) is 18. The van der Waals surface area contributed by atoms with Crippen molar-refractivity contribution in [2.75, 3.05) is 31.9 Å². The van der Waals surface area contributed by atoms with Crippen LogP contribution in [0.4, 0.5) is 58.4 Å². The zero-order chi connectivity index (χ0) is 40.5. The first-order valence-corrected chi connectivity index (χ1v) is 20.1. The van der Waals surface area contributed by atoms with Gasteiger partial charge >= 0.3 is 59.1 Å². The predicted molar refractivity (Wildman–Crippen MR) is 216 cm³/mol. The fourth-order valence-corrected chi connectivity index (χ4v) is 6.18. The van der Waals surface area contributed by atoms with Crippen molar-refractivity contribution < 1.29 is 85.1 Å². The number of hydrogen-bond donors (Lipinski definition) is 6. The first-order chi connectivity index (χ1) is 27.9. The third kappa shape index (κ3) is 13.4. The van der Waals surface area contributed by atoms with E-state index in [-0.39, 0.29) is 105 Å². The van der Waals surface area contributed by atoms with E-state index >= 15 is 0 Å². The Kier molecular flexibility index (Phi) is 15.9. The average molecular weight is 863 g/mol. The minimum Gasteiger partial charge on any atom is -0.744 e. The van der Waals surface area contributed by atoms with E-state index in [9.17, 15) is 25.9 Å². The van der Waals surface area contributed by atoms with Gasteiger partial charge in [0.25, 0.3) is 0 Å². The maximum absolute atomic E-state index is 11.4. The number of rotatable bonds is 16. The van der Waals surface area contributed by atoms with Gasteiger partial charge in [0.2, 0.25) is 35.7 Å². The van der Waals surface area contributed by atoms with Crippen molar-refractivity contribution in [1.29, 1.82) is 0 Å². The maximum Gasteiger partial charge on any atom is 1.00 e. The van der Waals surface area contributed by atoms with E-state index in [1.807, 2.05) is 84.9 Å². The molecule has 6 N–H and O–H groups in total. The Morgan fingerprint density at radius 1 is 0.367 bits per heavy atom. The Bertz CT molecular complexity index is 2540. The van der Waals surface area contributed by atoms with Crippen molar-refractivity contribution in [3.05, 3.63) is 145 Å². The summed E-state index contributed by atoms with van der Waals surface area (Å²) in [6.45, 7) is 0.716. The number of anilines is 10. The van der Waals surface area contributed by atoms with Crippen molar-refractivity contribution in [3.63, 3.8) is 0 Å². The fraction of sp³-hybridized carbons (Fsp3) is 0.0526. The van der Waals surface area contributed by atoms with Gasteiger partial charge in [-0.15, -0.1) is 0 Å². The molecule has 18 nitrogen and oxygen atoms in total. The van der Waals surface area contributed by atoms with Crippen LogP contribution in [0.1, 0.15) is 11.1 Å². The smallest absolute Gasteiger partial charge is 0.744 e. The number of nitrogens with one attached hydrogen (secondary N) is 6. The zero-order valence-corrected chi connectivity index (χ0v) is 37.7. The van der Waals surface area contributed by atoms with E-state index in [2.05, 4.69) is 61.8 Å². The van der Waals surface area contributed by atoms with E-state index < -0.39 is 20.2 Å². The van der Waals surface area contributed by atoms with E-state index in [0.717, 1.165) is 22.5 Å². The van der Waals surface area contributed by atoms with E-state index in [0.29, 0.717) is 24.5 Å². The van der Waals surface area contributed by atoms with Crippen LogP contribution < -0.4 is 91.0 Å². The van der Waals surface area contributed by atoms with Crippen molar-refractivity contribution >= 4 is 78.7 Å². The summed E-state index contributed by atoms with van der Waals surface area (Å²) >= 11 is 0. The normalized spacial score (nSPS) is 11.0. The van der Waals surface area contributed by atoms with Crippen molar-refractivity contribution in [1.82, 2.24) is 29.9 Å². The van der Waals surface area contributed by atoms with Gasteiger partial charge in [0, 0.05) is 35.8 Å². The number of aromatic nitrogens is 6. The maximum atomic E-state index is 11.4. The molecule has 0 radical (unpaired) electrons. The van der Waals surface area contributed by atoms with E-state index in [1.165, 1.54) is 48.5 Å². The molecule has 60 heavy (non-hydrogen) atoms. The number of para-hydroxylation sites is 2. The molecule has 0 atom stereocenters. The molecule has 5 aromatic carbocycles. The molecule has 7 aromatic rings. The molecule has 0 spiro atoms. The second-order valence-electron chi connectivity index (χ2n) is 12.3. The van der Waals surface area contributed by atoms with Gasteiger partial charge in [0.1, 0.15) is 20.2 Å². The summed E-state index contributed by atoms with van der Waals surface area (Å²) in [6.07, 6.45) is 0. The molecule has 22 heteroatoms. The van der Waals surface area contributed by atoms with Crippen molar-refractivity contribution in [3.8, 4) is 0 Å². The largest absolute Gasteiger partial charge is 1.00 e. The summed E-state index contributed by atoms with van der Waals surface area (Å²) in [6, 6.07) is 37.0. The fourth-order valence-electron chi connectivity index (χ4n) is 5.24. The van der Waals surface area contributed by atoms with Crippen LogP contribution in [0.3, 0.4) is 0 Å². The minimum atomic E-state index is -4.60. The van der Waals surface area contributed by atoms with E-state index in [4.69, 9.17) is 0 Å². The van der Waals surface area contributed by atoms with Gasteiger partial charge in [-0.1, -0.05) is 60.7 Å². The summed E-state index contributed by atoms with van der Waals surface area (Å²) in [5, 5.41) is 18.8. The molecule has 0 bridgehead atoms. The summed E-state index contributed by atoms with van der Waals surface area (Å²) in [5.41, 5.74) is 4.25. The van der Waals surface area contributed by atoms with Gasteiger partial charge in [-0.3, -0.25) is 0 Å². The third-order valence-corrected chi connectivity index (χ3v) is 9.75. The Labute approximate surface area is 389 Å². The zero-order valence-electron chi connectivity index (χ0n) is 32.1. The van der Waals surface area contributed by atoms with Crippen LogP contribution in [0.2, 0.25) is 0 Å². The van der Waals surface area contributed by atoms with Crippen LogP contribution in [0.5, 0.6) is 0 Å². The molecule has 2 heterocycles. The molecular weight excluding hydrogens is 831 g/mol. The minimum absolute atomic E-state index is 0. The molecule has 0 saturated heterocycles. The standard InChI is InChI=1S/C38H34N12O6S2.2Na/c51-57(52,53)31-19-15-29(16-20-31)43-37-47-33(45-35(49-37)41-27-7-3-1-4-8-27)39-23-25-11-13-26(14-12-25)24-40-34-46-36(42-28-9-5-2-6-10-28)50-38(48-34)44-30-17-21-32(22-18-30)58(54,55)56;;/h1-22H,23-24H2,(H,51,52,53)(H,54,55,56)(H3,39,41,43,45,47,49)(H3,40,42,44,46,48,50);;/q;2*+1/p-2. The first-order valence-electron chi connectivity index (χ1n) is 17.3. The summed E-state index contributed by atoms with van der Waals surface area (Å²) in [5.74, 6) is 1.34. The van der Waals surface area contributed by atoms with Crippen LogP contribution in [-0.2, 0) is 33.3 Å². The molecule has 7 rings (SSSR count). The molecular formula is C38H32N12Na2O6S2. The second kappa shape index (κ2) is 20.8. The number of benzene rings is 5. The van der Waals surface area contributed by atoms with E-state index in [1.54, 1.807) is 0 Å². The molecule has 0 aliphatic carbocycles. The Morgan fingerprint density at radius 3 is 0.917 bits per heavy atom. The van der Waals surface area contributed by atoms with Gasteiger partial charge < -0.3 is 41.0 Å². The monoisotopic (exact) mass is 862 g/mol. The van der Waals surface area contributed by atoms with Gasteiger partial charge in [0.05, 0.1) is 9.79 Å². The summed E-state index contributed by atoms with van der Waals surface area (Å²) in [4.78, 5) is 26.2. The quantitative estimate of drug-likeness (QED) is 0.0555. The van der Waals surface area contributed by atoms with Crippen LogP contribution in [-0.4, -0.2) is 55.8 Å². The second-order valence-corrected chi connectivity index (χ2v) is 15.1. The van der Waals surface area contributed by atoms with Gasteiger partial charge in [-0.2, -0.15) is 29.9 Å². The molecule has 294 valence electrons. The summed E-state index contributed by atoms with van der Waals surface area (Å²) in [7, 11) is -9.19. The van der Waals surface area contributed by atoms with Crippen LogP contribution in [0.15, 0.2) is 143 Å². The third-order valence-electron chi connectivity index (χ3n) is 8.05. The molecule has 0 amide bonds. The summed E-state index contributed by atoms with van der Waals surface area (Å²) < 4.78 is 68.2.